The van der Waals surface area contributed by atoms with E-state index < -0.39 is 5.60 Å². The van der Waals surface area contributed by atoms with E-state index in [1.54, 1.807) is 18.7 Å². The molecule has 0 aliphatic carbocycles. The monoisotopic (exact) mass is 241 g/mol. The molecule has 16 heavy (non-hydrogen) atoms. The van der Waals surface area contributed by atoms with Gasteiger partial charge in [-0.2, -0.15) is 11.3 Å². The van der Waals surface area contributed by atoms with Gasteiger partial charge in [0.1, 0.15) is 0 Å². The smallest absolute Gasteiger partial charge is 0.255 e. The van der Waals surface area contributed by atoms with Gasteiger partial charge in [0.25, 0.3) is 5.91 Å². The molecule has 0 aromatic carbocycles. The second-order valence-electron chi connectivity index (χ2n) is 4.60. The number of likely N-dealkylation sites (N-methyl/N-ethyl adjacent to an activating group) is 1. The van der Waals surface area contributed by atoms with E-state index in [0.29, 0.717) is 13.1 Å². The molecule has 1 heterocycles. The molecule has 0 spiro atoms. The van der Waals surface area contributed by atoms with E-state index in [4.69, 9.17) is 0 Å². The number of thiophene rings is 1. The molecule has 0 radical (unpaired) electrons. The van der Waals surface area contributed by atoms with Gasteiger partial charge < -0.3 is 10.0 Å². The summed E-state index contributed by atoms with van der Waals surface area (Å²) in [5, 5.41) is 13.6. The Morgan fingerprint density at radius 3 is 2.50 bits per heavy atom. The average molecular weight is 241 g/mol. The Labute approximate surface area is 101 Å². The van der Waals surface area contributed by atoms with E-state index in [0.717, 1.165) is 11.1 Å². The summed E-state index contributed by atoms with van der Waals surface area (Å²) in [4.78, 5) is 13.8. The molecule has 1 aromatic rings. The van der Waals surface area contributed by atoms with Crippen LogP contribution in [-0.4, -0.2) is 34.6 Å². The first kappa shape index (κ1) is 13.2. The highest BCUT2D eigenvalue weighted by atomic mass is 32.1. The molecule has 4 heteroatoms. The molecule has 0 bridgehead atoms. The third-order valence-electron chi connectivity index (χ3n) is 2.33. The second-order valence-corrected chi connectivity index (χ2v) is 5.34. The van der Waals surface area contributed by atoms with Crippen molar-refractivity contribution in [3.63, 3.8) is 0 Å². The fourth-order valence-corrected chi connectivity index (χ4v) is 2.37. The molecule has 1 rings (SSSR count). The van der Waals surface area contributed by atoms with Crippen LogP contribution in [-0.2, 0) is 0 Å². The van der Waals surface area contributed by atoms with Crippen molar-refractivity contribution >= 4 is 17.2 Å². The van der Waals surface area contributed by atoms with Crippen molar-refractivity contribution in [1.82, 2.24) is 4.90 Å². The fraction of sp³-hybridized carbons (Fsp3) is 0.583. The maximum absolute atomic E-state index is 12.2. The zero-order chi connectivity index (χ0) is 12.3. The van der Waals surface area contributed by atoms with Crippen LogP contribution in [0, 0.1) is 6.92 Å². The van der Waals surface area contributed by atoms with Gasteiger partial charge in [0.05, 0.1) is 11.2 Å². The summed E-state index contributed by atoms with van der Waals surface area (Å²) < 4.78 is 0. The van der Waals surface area contributed by atoms with E-state index in [1.165, 1.54) is 11.3 Å². The van der Waals surface area contributed by atoms with Gasteiger partial charge in [-0.1, -0.05) is 0 Å². The van der Waals surface area contributed by atoms with Crippen molar-refractivity contribution in [3.8, 4) is 0 Å². The summed E-state index contributed by atoms with van der Waals surface area (Å²) in [7, 11) is 0. The highest BCUT2D eigenvalue weighted by Gasteiger charge is 2.23. The molecule has 1 aromatic heterocycles. The Morgan fingerprint density at radius 1 is 1.50 bits per heavy atom. The van der Waals surface area contributed by atoms with Crippen molar-refractivity contribution < 1.29 is 9.90 Å². The highest BCUT2D eigenvalue weighted by molar-refractivity contribution is 7.08. The van der Waals surface area contributed by atoms with Gasteiger partial charge in [0.2, 0.25) is 0 Å². The summed E-state index contributed by atoms with van der Waals surface area (Å²) in [6, 6.07) is 0. The molecule has 3 nitrogen and oxygen atoms in total. The molecule has 1 N–H and O–H groups in total. The lowest BCUT2D eigenvalue weighted by atomic mass is 10.1. The van der Waals surface area contributed by atoms with Crippen molar-refractivity contribution in [1.29, 1.82) is 0 Å². The SMILES string of the molecule is CCN(CC(C)(C)O)C(=O)c1cscc1C. The first-order valence-corrected chi connectivity index (χ1v) is 6.34. The van der Waals surface area contributed by atoms with E-state index in [9.17, 15) is 9.90 Å². The molecule has 0 atom stereocenters. The number of carbonyl (C=O) groups is 1. The molecule has 0 unspecified atom stereocenters. The molecule has 0 fully saturated rings. The van der Waals surface area contributed by atoms with Crippen molar-refractivity contribution in [2.75, 3.05) is 13.1 Å². The fourth-order valence-electron chi connectivity index (χ4n) is 1.54. The predicted molar refractivity (Wildman–Crippen MR) is 66.9 cm³/mol. The highest BCUT2D eigenvalue weighted by Crippen LogP contribution is 2.17. The molecule has 0 aliphatic rings. The van der Waals surface area contributed by atoms with Crippen LogP contribution in [0.15, 0.2) is 10.8 Å². The normalized spacial score (nSPS) is 11.6. The van der Waals surface area contributed by atoms with Crippen LogP contribution in [0.4, 0.5) is 0 Å². The van der Waals surface area contributed by atoms with Crippen LogP contribution < -0.4 is 0 Å². The van der Waals surface area contributed by atoms with E-state index in [1.807, 2.05) is 24.6 Å². The maximum atomic E-state index is 12.2. The zero-order valence-corrected chi connectivity index (χ0v) is 11.1. The minimum absolute atomic E-state index is 0.00313. The number of carbonyl (C=O) groups excluding carboxylic acids is 1. The van der Waals surface area contributed by atoms with Gasteiger partial charge in [-0.25, -0.2) is 0 Å². The lowest BCUT2D eigenvalue weighted by Crippen LogP contribution is -2.42. The zero-order valence-electron chi connectivity index (χ0n) is 10.3. The molecule has 0 saturated carbocycles. The maximum Gasteiger partial charge on any atom is 0.255 e. The summed E-state index contributed by atoms with van der Waals surface area (Å²) in [5.74, 6) is 0.00313. The number of hydrogen-bond acceptors (Lipinski definition) is 3. The van der Waals surface area contributed by atoms with Crippen LogP contribution in [0.1, 0.15) is 36.7 Å². The Balaban J connectivity index is 2.82. The molecule has 90 valence electrons. The lowest BCUT2D eigenvalue weighted by molar-refractivity contribution is 0.0314. The number of aliphatic hydroxyl groups is 1. The first-order valence-electron chi connectivity index (χ1n) is 5.39. The average Bonchev–Trinajstić information content (AvgIpc) is 2.58. The number of nitrogens with zero attached hydrogens (tertiary/aromatic N) is 1. The number of hydrogen-bond donors (Lipinski definition) is 1. The molecule has 0 saturated heterocycles. The third kappa shape index (κ3) is 3.32. The second kappa shape index (κ2) is 4.97. The Morgan fingerprint density at radius 2 is 2.12 bits per heavy atom. The van der Waals surface area contributed by atoms with Gasteiger partial charge in [0, 0.05) is 18.5 Å². The van der Waals surface area contributed by atoms with Crippen LogP contribution >= 0.6 is 11.3 Å². The van der Waals surface area contributed by atoms with Crippen LogP contribution in [0.3, 0.4) is 0 Å². The van der Waals surface area contributed by atoms with Gasteiger partial charge in [-0.3, -0.25) is 4.79 Å². The predicted octanol–water partition coefficient (Wildman–Crippen LogP) is 2.29. The van der Waals surface area contributed by atoms with Gasteiger partial charge in [0.15, 0.2) is 0 Å². The van der Waals surface area contributed by atoms with Crippen LogP contribution in [0.25, 0.3) is 0 Å². The Hall–Kier alpha value is -0.870. The summed E-state index contributed by atoms with van der Waals surface area (Å²) in [5.41, 5.74) is 0.899. The Kier molecular flexibility index (Phi) is 4.10. The molecule has 1 amide bonds. The minimum atomic E-state index is -0.852. The van der Waals surface area contributed by atoms with Crippen molar-refractivity contribution in [2.24, 2.45) is 0 Å². The number of amides is 1. The minimum Gasteiger partial charge on any atom is -0.389 e. The molecular formula is C12H19NO2S. The quantitative estimate of drug-likeness (QED) is 0.878. The van der Waals surface area contributed by atoms with E-state index in [2.05, 4.69) is 0 Å². The van der Waals surface area contributed by atoms with Gasteiger partial charge in [-0.05, 0) is 38.6 Å². The summed E-state index contributed by atoms with van der Waals surface area (Å²) in [6.07, 6.45) is 0. The van der Waals surface area contributed by atoms with Crippen molar-refractivity contribution in [3.05, 3.63) is 21.9 Å². The lowest BCUT2D eigenvalue weighted by Gasteiger charge is -2.28. The topological polar surface area (TPSA) is 40.5 Å². The van der Waals surface area contributed by atoms with E-state index >= 15 is 0 Å². The standard InChI is InChI=1S/C12H19NO2S/c1-5-13(8-12(3,4)15)11(14)10-7-16-6-9(10)2/h6-7,15H,5,8H2,1-4H3. The number of aryl methyl sites for hydroxylation is 1. The van der Waals surface area contributed by atoms with Gasteiger partial charge in [-0.15, -0.1) is 0 Å². The Bertz CT molecular complexity index is 365. The van der Waals surface area contributed by atoms with E-state index in [-0.39, 0.29) is 5.91 Å². The van der Waals surface area contributed by atoms with Crippen LogP contribution in [0.5, 0.6) is 0 Å². The van der Waals surface area contributed by atoms with Crippen molar-refractivity contribution in [2.45, 2.75) is 33.3 Å². The molecular weight excluding hydrogens is 222 g/mol. The summed E-state index contributed by atoms with van der Waals surface area (Å²) in [6.45, 7) is 8.25. The number of rotatable bonds is 4. The molecule has 0 aliphatic heterocycles. The first-order chi connectivity index (χ1) is 7.35. The van der Waals surface area contributed by atoms with Crippen LogP contribution in [0.2, 0.25) is 0 Å². The largest absolute Gasteiger partial charge is 0.389 e. The summed E-state index contributed by atoms with van der Waals surface area (Å²) >= 11 is 1.53. The third-order valence-corrected chi connectivity index (χ3v) is 3.19. The van der Waals surface area contributed by atoms with Gasteiger partial charge >= 0.3 is 0 Å².